The van der Waals surface area contributed by atoms with Crippen LogP contribution >= 0.6 is 0 Å². The van der Waals surface area contributed by atoms with Gasteiger partial charge in [-0.05, 0) is 30.2 Å². The summed E-state index contributed by atoms with van der Waals surface area (Å²) in [4.78, 5) is 12.6. The van der Waals surface area contributed by atoms with Gasteiger partial charge in [0.15, 0.2) is 0 Å². The Hall–Kier alpha value is -3.76. The largest absolute Gasteiger partial charge is 0.427 e. The zero-order chi connectivity index (χ0) is 20.5. The number of ether oxygens (including phenoxy) is 1. The van der Waals surface area contributed by atoms with Crippen molar-refractivity contribution in [1.29, 1.82) is 5.26 Å². The van der Waals surface area contributed by atoms with E-state index in [0.717, 1.165) is 23.2 Å². The molecule has 7 heteroatoms. The second kappa shape index (κ2) is 7.58. The molecule has 1 aliphatic heterocycles. The average molecular weight is 398 g/mol. The van der Waals surface area contributed by atoms with E-state index in [1.165, 1.54) is 0 Å². The molecule has 30 heavy (non-hydrogen) atoms. The summed E-state index contributed by atoms with van der Waals surface area (Å²) in [5.41, 5.74) is 3.37. The lowest BCUT2D eigenvalue weighted by Crippen LogP contribution is -2.10. The zero-order valence-electron chi connectivity index (χ0n) is 16.2. The Morgan fingerprint density at radius 1 is 1.13 bits per heavy atom. The second-order valence-corrected chi connectivity index (χ2v) is 7.24. The molecule has 0 atom stereocenters. The van der Waals surface area contributed by atoms with Crippen molar-refractivity contribution in [1.82, 2.24) is 15.0 Å². The van der Waals surface area contributed by atoms with E-state index in [-0.39, 0.29) is 0 Å². The number of rotatable bonds is 2. The van der Waals surface area contributed by atoms with Crippen LogP contribution in [0.1, 0.15) is 29.0 Å². The van der Waals surface area contributed by atoms with Crippen molar-refractivity contribution < 1.29 is 9.15 Å². The average Bonchev–Trinajstić information content (AvgIpc) is 3.18. The molecule has 0 saturated heterocycles. The van der Waals surface area contributed by atoms with Gasteiger partial charge in [-0.3, -0.25) is 0 Å². The Balaban J connectivity index is 1.82. The molecule has 2 aromatic carbocycles. The Bertz CT molecular complexity index is 1330. The Morgan fingerprint density at radius 2 is 2.00 bits per heavy atom. The summed E-state index contributed by atoms with van der Waals surface area (Å²) in [6.45, 7) is 1.37. The summed E-state index contributed by atoms with van der Waals surface area (Å²) in [7, 11) is 0. The van der Waals surface area contributed by atoms with Crippen LogP contribution in [-0.2, 0) is 24.3 Å². The SMILES string of the molecule is N#Cc1ccc2c(=O)oc3c(c2c1)-c1c(nnn1Cc1ccccc1)COCCC3. The highest BCUT2D eigenvalue weighted by atomic mass is 16.5. The number of aromatic nitrogens is 3. The fourth-order valence-corrected chi connectivity index (χ4v) is 3.89. The van der Waals surface area contributed by atoms with Crippen LogP contribution in [0.5, 0.6) is 0 Å². The van der Waals surface area contributed by atoms with Crippen LogP contribution in [0.25, 0.3) is 22.0 Å². The van der Waals surface area contributed by atoms with Crippen molar-refractivity contribution >= 4 is 10.8 Å². The molecule has 2 aromatic heterocycles. The number of aryl methyl sites for hydroxylation is 1. The van der Waals surface area contributed by atoms with Crippen molar-refractivity contribution in [3.8, 4) is 17.3 Å². The Kier molecular flexibility index (Phi) is 4.62. The van der Waals surface area contributed by atoms with Crippen LogP contribution in [0, 0.1) is 11.3 Å². The summed E-state index contributed by atoms with van der Waals surface area (Å²) in [5.74, 6) is 0.575. The van der Waals surface area contributed by atoms with Gasteiger partial charge in [0.05, 0.1) is 35.9 Å². The van der Waals surface area contributed by atoms with E-state index in [4.69, 9.17) is 9.15 Å². The van der Waals surface area contributed by atoms with Crippen LogP contribution in [0.15, 0.2) is 57.7 Å². The molecule has 0 bridgehead atoms. The van der Waals surface area contributed by atoms with Gasteiger partial charge in [-0.15, -0.1) is 5.10 Å². The first kappa shape index (κ1) is 18.3. The smallest absolute Gasteiger partial charge is 0.343 e. The molecule has 0 unspecified atom stereocenters. The highest BCUT2D eigenvalue weighted by Crippen LogP contribution is 2.35. The van der Waals surface area contributed by atoms with E-state index in [1.54, 1.807) is 18.2 Å². The van der Waals surface area contributed by atoms with Crippen LogP contribution in [0.3, 0.4) is 0 Å². The van der Waals surface area contributed by atoms with Crippen LogP contribution < -0.4 is 5.63 Å². The van der Waals surface area contributed by atoms with E-state index in [0.29, 0.717) is 54.0 Å². The number of fused-ring (bicyclic) bond motifs is 5. The predicted octanol–water partition coefficient (Wildman–Crippen LogP) is 3.43. The molecule has 0 saturated carbocycles. The number of hydrogen-bond donors (Lipinski definition) is 0. The normalized spacial score (nSPS) is 13.6. The van der Waals surface area contributed by atoms with Crippen LogP contribution in [-0.4, -0.2) is 21.6 Å². The van der Waals surface area contributed by atoms with E-state index in [2.05, 4.69) is 16.4 Å². The minimum Gasteiger partial charge on any atom is -0.427 e. The van der Waals surface area contributed by atoms with Crippen molar-refractivity contribution in [2.24, 2.45) is 0 Å². The monoisotopic (exact) mass is 398 g/mol. The van der Waals surface area contributed by atoms with E-state index < -0.39 is 5.63 Å². The Labute approximate surface area is 172 Å². The first-order chi connectivity index (χ1) is 14.7. The minimum atomic E-state index is -0.406. The molecule has 3 heterocycles. The first-order valence-electron chi connectivity index (χ1n) is 9.79. The molecule has 0 N–H and O–H groups in total. The molecule has 148 valence electrons. The molecule has 0 amide bonds. The van der Waals surface area contributed by atoms with Gasteiger partial charge in [0, 0.05) is 24.0 Å². The van der Waals surface area contributed by atoms with Gasteiger partial charge in [0.25, 0.3) is 0 Å². The lowest BCUT2D eigenvalue weighted by atomic mass is 9.98. The summed E-state index contributed by atoms with van der Waals surface area (Å²) in [6, 6.07) is 17.2. The molecule has 0 radical (unpaired) electrons. The van der Waals surface area contributed by atoms with Gasteiger partial charge >= 0.3 is 5.63 Å². The van der Waals surface area contributed by atoms with Crippen molar-refractivity contribution in [2.75, 3.05) is 6.61 Å². The molecule has 7 nitrogen and oxygen atoms in total. The number of hydrogen-bond acceptors (Lipinski definition) is 6. The lowest BCUT2D eigenvalue weighted by molar-refractivity contribution is 0.116. The summed E-state index contributed by atoms with van der Waals surface area (Å²) in [5, 5.41) is 19.3. The molecule has 1 aliphatic rings. The maximum absolute atomic E-state index is 12.6. The number of nitriles is 1. The van der Waals surface area contributed by atoms with Gasteiger partial charge in [-0.2, -0.15) is 5.26 Å². The third kappa shape index (κ3) is 3.17. The summed E-state index contributed by atoms with van der Waals surface area (Å²) < 4.78 is 13.3. The topological polar surface area (TPSA) is 93.9 Å². The number of benzene rings is 2. The highest BCUT2D eigenvalue weighted by Gasteiger charge is 2.25. The van der Waals surface area contributed by atoms with Crippen molar-refractivity contribution in [3.63, 3.8) is 0 Å². The maximum atomic E-state index is 12.6. The van der Waals surface area contributed by atoms with Crippen LogP contribution in [0.4, 0.5) is 0 Å². The van der Waals surface area contributed by atoms with Crippen molar-refractivity contribution in [3.05, 3.63) is 81.5 Å². The van der Waals surface area contributed by atoms with E-state index in [9.17, 15) is 10.1 Å². The molecular formula is C23H18N4O3. The van der Waals surface area contributed by atoms with Gasteiger partial charge < -0.3 is 9.15 Å². The zero-order valence-corrected chi connectivity index (χ0v) is 16.2. The third-order valence-electron chi connectivity index (χ3n) is 5.28. The molecule has 0 aliphatic carbocycles. The van der Waals surface area contributed by atoms with Crippen LogP contribution in [0.2, 0.25) is 0 Å². The highest BCUT2D eigenvalue weighted by molar-refractivity contribution is 5.97. The predicted molar refractivity (Wildman–Crippen MR) is 110 cm³/mol. The third-order valence-corrected chi connectivity index (χ3v) is 5.28. The fraction of sp³-hybridized carbons (Fsp3) is 0.217. The summed E-state index contributed by atoms with van der Waals surface area (Å²) in [6.07, 6.45) is 1.27. The minimum absolute atomic E-state index is 0.322. The quantitative estimate of drug-likeness (QED) is 0.513. The van der Waals surface area contributed by atoms with Crippen molar-refractivity contribution in [2.45, 2.75) is 26.0 Å². The molecule has 0 spiro atoms. The second-order valence-electron chi connectivity index (χ2n) is 7.24. The van der Waals surface area contributed by atoms with Gasteiger partial charge in [-0.1, -0.05) is 35.5 Å². The summed E-state index contributed by atoms with van der Waals surface area (Å²) >= 11 is 0. The van der Waals surface area contributed by atoms with Gasteiger partial charge in [-0.25, -0.2) is 9.48 Å². The lowest BCUT2D eigenvalue weighted by Gasteiger charge is -2.13. The standard InChI is InChI=1S/C23H18N4O3/c24-12-16-8-9-17-18(11-16)21-20(30-23(17)28)7-4-10-29-14-19-22(21)27(26-25-19)13-15-5-2-1-3-6-15/h1-3,5-6,8-9,11H,4,7,10,13-14H2. The maximum Gasteiger partial charge on any atom is 0.343 e. The van der Waals surface area contributed by atoms with Gasteiger partial charge in [0.1, 0.15) is 11.5 Å². The first-order valence-corrected chi connectivity index (χ1v) is 9.79. The molecule has 5 rings (SSSR count). The fourth-order valence-electron chi connectivity index (χ4n) is 3.89. The molecular weight excluding hydrogens is 380 g/mol. The van der Waals surface area contributed by atoms with E-state index >= 15 is 0 Å². The number of nitrogens with zero attached hydrogens (tertiary/aromatic N) is 4. The van der Waals surface area contributed by atoms with E-state index in [1.807, 2.05) is 35.0 Å². The van der Waals surface area contributed by atoms with Gasteiger partial charge in [0.2, 0.25) is 0 Å². The Morgan fingerprint density at radius 3 is 2.83 bits per heavy atom. The molecule has 4 aromatic rings. The molecule has 0 fully saturated rings.